The number of rotatable bonds is 7. The van der Waals surface area contributed by atoms with Crippen LogP contribution in [0, 0.1) is 0 Å². The van der Waals surface area contributed by atoms with Crippen LogP contribution < -0.4 is 24.7 Å². The van der Waals surface area contributed by atoms with Gasteiger partial charge in [-0.2, -0.15) is 20.1 Å². The summed E-state index contributed by atoms with van der Waals surface area (Å²) in [7, 11) is 3.26. The predicted octanol–water partition coefficient (Wildman–Crippen LogP) is 3.32. The molecule has 0 atom stereocenters. The lowest BCUT2D eigenvalue weighted by atomic mass is 10.1. The maximum atomic E-state index is 5.43. The van der Waals surface area contributed by atoms with Gasteiger partial charge in [0.2, 0.25) is 17.8 Å². The third-order valence-corrected chi connectivity index (χ3v) is 5.70. The highest BCUT2D eigenvalue weighted by atomic mass is 16.5. The van der Waals surface area contributed by atoms with Crippen molar-refractivity contribution >= 4 is 24.1 Å². The van der Waals surface area contributed by atoms with Crippen LogP contribution in [0.2, 0.25) is 0 Å². The quantitative estimate of drug-likeness (QED) is 0.534. The smallest absolute Gasteiger partial charge is 0.250 e. The molecule has 0 spiro atoms. The third-order valence-electron chi connectivity index (χ3n) is 5.70. The zero-order valence-corrected chi connectivity index (χ0v) is 18.4. The molecule has 9 heteroatoms. The Balaban J connectivity index is 1.55. The highest BCUT2D eigenvalue weighted by molar-refractivity contribution is 5.84. The summed E-state index contributed by atoms with van der Waals surface area (Å²) in [5.74, 6) is 3.34. The van der Waals surface area contributed by atoms with Crippen LogP contribution in [0.5, 0.6) is 11.5 Å². The Hall–Kier alpha value is -3.10. The number of nitrogens with one attached hydrogen (secondary N) is 1. The van der Waals surface area contributed by atoms with Crippen molar-refractivity contribution in [2.24, 2.45) is 5.10 Å². The van der Waals surface area contributed by atoms with E-state index in [-0.39, 0.29) is 0 Å². The van der Waals surface area contributed by atoms with Crippen LogP contribution in [-0.4, -0.2) is 61.6 Å². The Morgan fingerprint density at radius 1 is 0.839 bits per heavy atom. The number of piperidine rings is 2. The second-order valence-electron chi connectivity index (χ2n) is 7.83. The van der Waals surface area contributed by atoms with E-state index in [9.17, 15) is 0 Å². The molecule has 3 heterocycles. The summed E-state index contributed by atoms with van der Waals surface area (Å²) in [4.78, 5) is 18.6. The summed E-state index contributed by atoms with van der Waals surface area (Å²) in [5.41, 5.74) is 3.83. The standard InChI is InChI=1S/C22H31N7O2/c1-30-18-10-9-17(19(15-18)31-2)16-23-27-20-24-21(28-11-5-3-6-12-28)26-22(25-20)29-13-7-4-8-14-29/h9-10,15-16H,3-8,11-14H2,1-2H3,(H,24,25,26,27)/b23-16+. The number of ether oxygens (including phenoxy) is 2. The van der Waals surface area contributed by atoms with Crippen molar-refractivity contribution in [2.75, 3.05) is 55.6 Å². The Kier molecular flexibility index (Phi) is 7.01. The average molecular weight is 426 g/mol. The average Bonchev–Trinajstić information content (AvgIpc) is 2.85. The van der Waals surface area contributed by atoms with Gasteiger partial charge in [-0.05, 0) is 50.7 Å². The Labute approximate surface area is 183 Å². The maximum Gasteiger partial charge on any atom is 0.250 e. The largest absolute Gasteiger partial charge is 0.497 e. The topological polar surface area (TPSA) is 88.0 Å². The molecule has 4 rings (SSSR count). The molecule has 0 radical (unpaired) electrons. The number of hydrogen-bond donors (Lipinski definition) is 1. The molecule has 9 nitrogen and oxygen atoms in total. The molecular formula is C22H31N7O2. The van der Waals surface area contributed by atoms with E-state index < -0.39 is 0 Å². The molecule has 2 saturated heterocycles. The van der Waals surface area contributed by atoms with Gasteiger partial charge in [-0.25, -0.2) is 5.43 Å². The molecule has 1 aromatic carbocycles. The Bertz CT molecular complexity index is 857. The van der Waals surface area contributed by atoms with E-state index in [1.807, 2.05) is 18.2 Å². The van der Waals surface area contributed by atoms with Crippen LogP contribution in [0.3, 0.4) is 0 Å². The van der Waals surface area contributed by atoms with Crippen molar-refractivity contribution in [1.82, 2.24) is 15.0 Å². The molecule has 2 aliphatic heterocycles. The van der Waals surface area contributed by atoms with E-state index >= 15 is 0 Å². The molecule has 2 aliphatic rings. The van der Waals surface area contributed by atoms with E-state index in [2.05, 4.69) is 30.3 Å². The molecule has 1 aromatic heterocycles. The van der Waals surface area contributed by atoms with Crippen molar-refractivity contribution in [3.05, 3.63) is 23.8 Å². The summed E-state index contributed by atoms with van der Waals surface area (Å²) in [6.45, 7) is 3.93. The van der Waals surface area contributed by atoms with E-state index in [0.29, 0.717) is 11.7 Å². The Morgan fingerprint density at radius 3 is 2.00 bits per heavy atom. The van der Waals surface area contributed by atoms with Gasteiger partial charge in [0.15, 0.2) is 0 Å². The van der Waals surface area contributed by atoms with Gasteiger partial charge in [0.25, 0.3) is 0 Å². The fraction of sp³-hybridized carbons (Fsp3) is 0.545. The molecule has 2 fully saturated rings. The van der Waals surface area contributed by atoms with Crippen molar-refractivity contribution in [3.63, 3.8) is 0 Å². The van der Waals surface area contributed by atoms with E-state index in [0.717, 1.165) is 49.4 Å². The summed E-state index contributed by atoms with van der Waals surface area (Å²) < 4.78 is 10.7. The van der Waals surface area contributed by atoms with Crippen molar-refractivity contribution < 1.29 is 9.47 Å². The van der Waals surface area contributed by atoms with Gasteiger partial charge in [-0.1, -0.05) is 0 Å². The molecule has 0 aliphatic carbocycles. The summed E-state index contributed by atoms with van der Waals surface area (Å²) >= 11 is 0. The molecule has 0 bridgehead atoms. The number of hydrogen-bond acceptors (Lipinski definition) is 9. The number of hydrazone groups is 1. The summed E-state index contributed by atoms with van der Waals surface area (Å²) in [6, 6.07) is 5.59. The number of aromatic nitrogens is 3. The van der Waals surface area contributed by atoms with Gasteiger partial charge in [-0.3, -0.25) is 0 Å². The molecule has 1 N–H and O–H groups in total. The molecular weight excluding hydrogens is 394 g/mol. The van der Waals surface area contributed by atoms with Gasteiger partial charge in [0, 0.05) is 37.8 Å². The van der Waals surface area contributed by atoms with Crippen molar-refractivity contribution in [1.29, 1.82) is 0 Å². The van der Waals surface area contributed by atoms with Gasteiger partial charge in [0.05, 0.1) is 20.4 Å². The third kappa shape index (κ3) is 5.34. The lowest BCUT2D eigenvalue weighted by molar-refractivity contribution is 0.394. The number of nitrogens with zero attached hydrogens (tertiary/aromatic N) is 6. The summed E-state index contributed by atoms with van der Waals surface area (Å²) in [6.07, 6.45) is 8.90. The minimum Gasteiger partial charge on any atom is -0.497 e. The molecule has 0 saturated carbocycles. The zero-order chi connectivity index (χ0) is 21.5. The lowest BCUT2D eigenvalue weighted by Gasteiger charge is -2.30. The molecule has 166 valence electrons. The van der Waals surface area contributed by atoms with Crippen molar-refractivity contribution in [3.8, 4) is 11.5 Å². The first-order chi connectivity index (χ1) is 15.3. The second kappa shape index (κ2) is 10.3. The van der Waals surface area contributed by atoms with Crippen LogP contribution in [0.4, 0.5) is 17.8 Å². The van der Waals surface area contributed by atoms with Gasteiger partial charge >= 0.3 is 0 Å². The van der Waals surface area contributed by atoms with Crippen LogP contribution in [0.15, 0.2) is 23.3 Å². The first-order valence-electron chi connectivity index (χ1n) is 11.0. The fourth-order valence-electron chi connectivity index (χ4n) is 3.96. The fourth-order valence-corrected chi connectivity index (χ4v) is 3.96. The second-order valence-corrected chi connectivity index (χ2v) is 7.83. The van der Waals surface area contributed by atoms with Crippen LogP contribution in [-0.2, 0) is 0 Å². The maximum absolute atomic E-state index is 5.43. The summed E-state index contributed by atoms with van der Waals surface area (Å²) in [5, 5.41) is 4.36. The highest BCUT2D eigenvalue weighted by Gasteiger charge is 2.20. The van der Waals surface area contributed by atoms with E-state index in [1.165, 1.54) is 38.5 Å². The van der Waals surface area contributed by atoms with E-state index in [1.54, 1.807) is 20.4 Å². The number of methoxy groups -OCH3 is 2. The van der Waals surface area contributed by atoms with Crippen molar-refractivity contribution in [2.45, 2.75) is 38.5 Å². The van der Waals surface area contributed by atoms with Crippen LogP contribution in [0.1, 0.15) is 44.1 Å². The van der Waals surface area contributed by atoms with E-state index in [4.69, 9.17) is 14.5 Å². The van der Waals surface area contributed by atoms with Gasteiger partial charge in [-0.15, -0.1) is 0 Å². The van der Waals surface area contributed by atoms with Crippen LogP contribution in [0.25, 0.3) is 0 Å². The van der Waals surface area contributed by atoms with Crippen LogP contribution >= 0.6 is 0 Å². The zero-order valence-electron chi connectivity index (χ0n) is 18.4. The first kappa shape index (κ1) is 21.1. The molecule has 0 amide bonds. The number of benzene rings is 1. The molecule has 31 heavy (non-hydrogen) atoms. The predicted molar refractivity (Wildman–Crippen MR) is 123 cm³/mol. The molecule has 2 aromatic rings. The highest BCUT2D eigenvalue weighted by Crippen LogP contribution is 2.24. The van der Waals surface area contributed by atoms with Gasteiger partial charge < -0.3 is 19.3 Å². The minimum atomic E-state index is 0.458. The molecule has 0 unspecified atom stereocenters. The Morgan fingerprint density at radius 2 is 1.45 bits per heavy atom. The first-order valence-corrected chi connectivity index (χ1v) is 11.0. The minimum absolute atomic E-state index is 0.458. The van der Waals surface area contributed by atoms with Gasteiger partial charge in [0.1, 0.15) is 11.5 Å². The normalized spacial score (nSPS) is 17.1. The SMILES string of the molecule is COc1ccc(/C=N/Nc2nc(N3CCCCC3)nc(N3CCCCC3)n2)c(OC)c1. The monoisotopic (exact) mass is 425 g/mol. The lowest BCUT2D eigenvalue weighted by Crippen LogP contribution is -2.34. The number of anilines is 3.